The number of alkyl halides is 1. The molecule has 0 spiro atoms. The SMILES string of the molecule is C=C[C@@H](Cl)B1O[C@H](C)[C@@H](C)O1. The molecule has 0 aliphatic carbocycles. The fourth-order valence-corrected chi connectivity index (χ4v) is 1.06. The van der Waals surface area contributed by atoms with Crippen LogP contribution >= 0.6 is 11.6 Å². The van der Waals surface area contributed by atoms with Crippen LogP contribution in [0, 0.1) is 0 Å². The topological polar surface area (TPSA) is 18.5 Å². The molecule has 1 aliphatic heterocycles. The van der Waals surface area contributed by atoms with Gasteiger partial charge in [-0.15, -0.1) is 18.2 Å². The summed E-state index contributed by atoms with van der Waals surface area (Å²) in [5.41, 5.74) is 0. The molecule has 0 N–H and O–H groups in total. The van der Waals surface area contributed by atoms with E-state index in [9.17, 15) is 0 Å². The molecule has 0 saturated carbocycles. The second kappa shape index (κ2) is 3.61. The summed E-state index contributed by atoms with van der Waals surface area (Å²) in [5.74, 6) is 0. The van der Waals surface area contributed by atoms with E-state index in [2.05, 4.69) is 6.58 Å². The Morgan fingerprint density at radius 1 is 1.45 bits per heavy atom. The summed E-state index contributed by atoms with van der Waals surface area (Å²) >= 11 is 5.83. The zero-order valence-corrected chi connectivity index (χ0v) is 7.54. The molecule has 1 rings (SSSR count). The monoisotopic (exact) mass is 174 g/mol. The summed E-state index contributed by atoms with van der Waals surface area (Å²) in [6, 6.07) is 0. The lowest BCUT2D eigenvalue weighted by atomic mass is 9.85. The predicted octanol–water partition coefficient (Wildman–Crippen LogP) is 1.63. The predicted molar refractivity (Wildman–Crippen MR) is 46.7 cm³/mol. The van der Waals surface area contributed by atoms with Crippen LogP contribution in [0.5, 0.6) is 0 Å². The Labute approximate surface area is 72.7 Å². The quantitative estimate of drug-likeness (QED) is 0.360. The maximum absolute atomic E-state index is 5.83. The first-order valence-electron chi connectivity index (χ1n) is 3.72. The number of hydrogen-bond acceptors (Lipinski definition) is 2. The van der Waals surface area contributed by atoms with Crippen molar-refractivity contribution in [1.82, 2.24) is 0 Å². The Bertz CT molecular complexity index is 143. The third kappa shape index (κ3) is 1.98. The van der Waals surface area contributed by atoms with E-state index in [1.54, 1.807) is 6.08 Å². The van der Waals surface area contributed by atoms with Gasteiger partial charge in [-0.25, -0.2) is 0 Å². The van der Waals surface area contributed by atoms with Gasteiger partial charge in [0.15, 0.2) is 0 Å². The van der Waals surface area contributed by atoms with Gasteiger partial charge in [0.05, 0.1) is 17.5 Å². The fraction of sp³-hybridized carbons (Fsp3) is 0.714. The molecular weight excluding hydrogens is 162 g/mol. The first-order chi connectivity index (χ1) is 5.15. The molecule has 0 aromatic carbocycles. The third-order valence-corrected chi connectivity index (χ3v) is 2.23. The molecular formula is C7H12BClO2. The second-order valence-corrected chi connectivity index (χ2v) is 3.23. The Morgan fingerprint density at radius 3 is 2.27 bits per heavy atom. The van der Waals surface area contributed by atoms with Gasteiger partial charge in [-0.3, -0.25) is 0 Å². The summed E-state index contributed by atoms with van der Waals surface area (Å²) in [6.07, 6.45) is 1.87. The maximum atomic E-state index is 5.83. The van der Waals surface area contributed by atoms with Crippen molar-refractivity contribution < 1.29 is 9.31 Å². The molecule has 0 aromatic heterocycles. The highest BCUT2D eigenvalue weighted by Gasteiger charge is 2.38. The molecule has 1 aliphatic rings. The zero-order chi connectivity index (χ0) is 8.43. The second-order valence-electron chi connectivity index (χ2n) is 2.73. The fourth-order valence-electron chi connectivity index (χ4n) is 0.938. The molecule has 1 saturated heterocycles. The molecule has 3 atom stereocenters. The lowest BCUT2D eigenvalue weighted by Crippen LogP contribution is -2.27. The highest BCUT2D eigenvalue weighted by atomic mass is 35.5. The van der Waals surface area contributed by atoms with Crippen LogP contribution in [0.15, 0.2) is 12.7 Å². The van der Waals surface area contributed by atoms with Crippen LogP contribution in [0.3, 0.4) is 0 Å². The summed E-state index contributed by atoms with van der Waals surface area (Å²) < 4.78 is 10.8. The Hall–Kier alpha value is 0.0149. The molecule has 0 unspecified atom stereocenters. The number of allylic oxidation sites excluding steroid dienone is 1. The third-order valence-electron chi connectivity index (χ3n) is 1.84. The van der Waals surface area contributed by atoms with Crippen molar-refractivity contribution in [3.05, 3.63) is 12.7 Å². The van der Waals surface area contributed by atoms with Gasteiger partial charge in [0.1, 0.15) is 0 Å². The van der Waals surface area contributed by atoms with Gasteiger partial charge >= 0.3 is 7.12 Å². The van der Waals surface area contributed by atoms with Gasteiger partial charge in [0.25, 0.3) is 0 Å². The van der Waals surface area contributed by atoms with E-state index in [4.69, 9.17) is 20.9 Å². The molecule has 62 valence electrons. The molecule has 0 bridgehead atoms. The van der Waals surface area contributed by atoms with Crippen LogP contribution in [0.25, 0.3) is 0 Å². The molecule has 4 heteroatoms. The van der Waals surface area contributed by atoms with Gasteiger partial charge in [-0.05, 0) is 13.8 Å². The smallest absolute Gasteiger partial charge is 0.405 e. The minimum absolute atomic E-state index is 0.126. The van der Waals surface area contributed by atoms with E-state index < -0.39 is 0 Å². The molecule has 2 nitrogen and oxygen atoms in total. The lowest BCUT2D eigenvalue weighted by molar-refractivity contribution is 0.187. The largest absolute Gasteiger partial charge is 0.480 e. The van der Waals surface area contributed by atoms with Crippen molar-refractivity contribution in [3.8, 4) is 0 Å². The molecule has 0 aromatic rings. The van der Waals surface area contributed by atoms with Crippen LogP contribution in [-0.2, 0) is 9.31 Å². The van der Waals surface area contributed by atoms with Crippen molar-refractivity contribution in [2.45, 2.75) is 31.3 Å². The highest BCUT2D eigenvalue weighted by molar-refractivity contribution is 6.60. The van der Waals surface area contributed by atoms with Crippen LogP contribution in [0.2, 0.25) is 0 Å². The molecule has 0 amide bonds. The number of rotatable bonds is 2. The van der Waals surface area contributed by atoms with Crippen LogP contribution in [0.1, 0.15) is 13.8 Å². The van der Waals surface area contributed by atoms with Crippen LogP contribution in [0.4, 0.5) is 0 Å². The first-order valence-corrected chi connectivity index (χ1v) is 4.16. The van der Waals surface area contributed by atoms with Crippen molar-refractivity contribution in [3.63, 3.8) is 0 Å². The zero-order valence-electron chi connectivity index (χ0n) is 6.79. The Balaban J connectivity index is 2.46. The van der Waals surface area contributed by atoms with Gasteiger partial charge in [-0.2, -0.15) is 0 Å². The highest BCUT2D eigenvalue weighted by Crippen LogP contribution is 2.20. The summed E-state index contributed by atoms with van der Waals surface area (Å²) in [6.45, 7) is 7.50. The first kappa shape index (κ1) is 9.11. The van der Waals surface area contributed by atoms with E-state index in [1.807, 2.05) is 13.8 Å². The van der Waals surface area contributed by atoms with Crippen LogP contribution < -0.4 is 0 Å². The Morgan fingerprint density at radius 2 is 1.91 bits per heavy atom. The van der Waals surface area contributed by atoms with Gasteiger partial charge in [-0.1, -0.05) is 6.08 Å². The minimum atomic E-state index is -0.320. The molecule has 1 fully saturated rings. The van der Waals surface area contributed by atoms with Crippen LogP contribution in [-0.4, -0.2) is 24.6 Å². The number of halogens is 1. The van der Waals surface area contributed by atoms with Gasteiger partial charge in [0, 0.05) is 0 Å². The molecule has 1 heterocycles. The standard InChI is InChI=1S/C7H12BClO2/c1-4-7(9)8-10-5(2)6(3)11-8/h4-7H,1H2,2-3H3/t5-,6-,7-/m1/s1. The molecule has 0 radical (unpaired) electrons. The summed E-state index contributed by atoms with van der Waals surface area (Å²) in [7, 11) is -0.320. The van der Waals surface area contributed by atoms with E-state index in [-0.39, 0.29) is 24.6 Å². The summed E-state index contributed by atoms with van der Waals surface area (Å²) in [5, 5.41) is -0.248. The van der Waals surface area contributed by atoms with Crippen molar-refractivity contribution in [2.75, 3.05) is 0 Å². The van der Waals surface area contributed by atoms with Crippen molar-refractivity contribution in [2.24, 2.45) is 0 Å². The average molecular weight is 174 g/mol. The normalized spacial score (nSPS) is 33.9. The summed E-state index contributed by atoms with van der Waals surface area (Å²) in [4.78, 5) is 0. The van der Waals surface area contributed by atoms with E-state index in [0.717, 1.165) is 0 Å². The molecule has 11 heavy (non-hydrogen) atoms. The van der Waals surface area contributed by atoms with E-state index in [1.165, 1.54) is 0 Å². The van der Waals surface area contributed by atoms with E-state index in [0.29, 0.717) is 0 Å². The maximum Gasteiger partial charge on any atom is 0.480 e. The Kier molecular flexibility index (Phi) is 2.99. The van der Waals surface area contributed by atoms with E-state index >= 15 is 0 Å². The van der Waals surface area contributed by atoms with Gasteiger partial charge < -0.3 is 9.31 Å². The van der Waals surface area contributed by atoms with Crippen molar-refractivity contribution >= 4 is 18.7 Å². The van der Waals surface area contributed by atoms with Gasteiger partial charge in [0.2, 0.25) is 0 Å². The number of hydrogen-bond donors (Lipinski definition) is 0. The lowest BCUT2D eigenvalue weighted by Gasteiger charge is -2.05. The average Bonchev–Trinajstić information content (AvgIpc) is 2.31. The minimum Gasteiger partial charge on any atom is -0.405 e. The van der Waals surface area contributed by atoms with Crippen molar-refractivity contribution in [1.29, 1.82) is 0 Å².